The summed E-state index contributed by atoms with van der Waals surface area (Å²) < 4.78 is 0. The second-order valence-corrected chi connectivity index (χ2v) is 16.2. The molecule has 9 rings (SSSR count). The highest BCUT2D eigenvalue weighted by Gasteiger charge is 2.37. The number of anilines is 3. The van der Waals surface area contributed by atoms with Crippen LogP contribution in [0.25, 0.3) is 33.4 Å². The predicted molar refractivity (Wildman–Crippen MR) is 221 cm³/mol. The van der Waals surface area contributed by atoms with Gasteiger partial charge in [-0.2, -0.15) is 0 Å². The average Bonchev–Trinajstić information content (AvgIpc) is 3.44. The van der Waals surface area contributed by atoms with E-state index in [1.807, 2.05) is 0 Å². The SMILES string of the molecule is CC1(C)c2cc(-c3ccccc3)ccc2-c2cc(-c3ccccc3)c(N(c3ccc(C4CCCCC4)cc3)c3ccc(C4CCCCC4)cc3)cc21. The third-order valence-electron chi connectivity index (χ3n) is 12.7. The fourth-order valence-electron chi connectivity index (χ4n) is 9.70. The van der Waals surface area contributed by atoms with Crippen LogP contribution in [0, 0.1) is 0 Å². The van der Waals surface area contributed by atoms with E-state index in [4.69, 9.17) is 0 Å². The Labute approximate surface area is 311 Å². The summed E-state index contributed by atoms with van der Waals surface area (Å²) in [4.78, 5) is 2.55. The lowest BCUT2D eigenvalue weighted by molar-refractivity contribution is 0.443. The minimum absolute atomic E-state index is 0.152. The van der Waals surface area contributed by atoms with Crippen molar-refractivity contribution in [3.05, 3.63) is 162 Å². The summed E-state index contributed by atoms with van der Waals surface area (Å²) in [6.45, 7) is 4.83. The first-order valence-electron chi connectivity index (χ1n) is 20.0. The van der Waals surface area contributed by atoms with Gasteiger partial charge in [-0.25, -0.2) is 0 Å². The Bertz CT molecular complexity index is 2080. The topological polar surface area (TPSA) is 3.24 Å². The zero-order valence-corrected chi connectivity index (χ0v) is 31.0. The number of hydrogen-bond acceptors (Lipinski definition) is 1. The molecule has 0 atom stereocenters. The Morgan fingerprint density at radius 2 is 0.923 bits per heavy atom. The Hall–Kier alpha value is -4.88. The van der Waals surface area contributed by atoms with Crippen molar-refractivity contribution in [1.82, 2.24) is 0 Å². The molecular formula is C51H51N. The maximum absolute atomic E-state index is 2.55. The summed E-state index contributed by atoms with van der Waals surface area (Å²) in [5.74, 6) is 1.37. The summed E-state index contributed by atoms with van der Waals surface area (Å²) in [5, 5.41) is 0. The molecule has 0 aliphatic heterocycles. The number of benzene rings is 6. The maximum Gasteiger partial charge on any atom is 0.0543 e. The average molecular weight is 678 g/mol. The maximum atomic E-state index is 2.55. The van der Waals surface area contributed by atoms with Gasteiger partial charge in [0, 0.05) is 22.4 Å². The van der Waals surface area contributed by atoms with Crippen molar-refractivity contribution in [1.29, 1.82) is 0 Å². The number of fused-ring (bicyclic) bond motifs is 3. The van der Waals surface area contributed by atoms with Gasteiger partial charge in [0.1, 0.15) is 0 Å². The van der Waals surface area contributed by atoms with Crippen LogP contribution in [0.4, 0.5) is 17.1 Å². The molecule has 0 saturated heterocycles. The van der Waals surface area contributed by atoms with Crippen molar-refractivity contribution in [2.45, 2.75) is 95.3 Å². The van der Waals surface area contributed by atoms with Crippen LogP contribution in [-0.2, 0) is 5.41 Å². The lowest BCUT2D eigenvalue weighted by atomic mass is 9.81. The van der Waals surface area contributed by atoms with Crippen LogP contribution < -0.4 is 4.90 Å². The van der Waals surface area contributed by atoms with Crippen LogP contribution in [0.3, 0.4) is 0 Å². The minimum atomic E-state index is -0.152. The van der Waals surface area contributed by atoms with E-state index in [1.165, 1.54) is 137 Å². The summed E-state index contributed by atoms with van der Waals surface area (Å²) >= 11 is 0. The highest BCUT2D eigenvalue weighted by atomic mass is 15.1. The van der Waals surface area contributed by atoms with Crippen LogP contribution in [-0.4, -0.2) is 0 Å². The molecule has 0 unspecified atom stereocenters. The van der Waals surface area contributed by atoms with Crippen LogP contribution in [0.2, 0.25) is 0 Å². The van der Waals surface area contributed by atoms with Crippen LogP contribution in [0.1, 0.15) is 112 Å². The highest BCUT2D eigenvalue weighted by Crippen LogP contribution is 2.54. The minimum Gasteiger partial charge on any atom is -0.310 e. The van der Waals surface area contributed by atoms with Gasteiger partial charge in [-0.15, -0.1) is 0 Å². The molecule has 0 N–H and O–H groups in total. The van der Waals surface area contributed by atoms with Crippen molar-refractivity contribution in [2.75, 3.05) is 4.90 Å². The van der Waals surface area contributed by atoms with Crippen molar-refractivity contribution in [3.8, 4) is 33.4 Å². The molecule has 0 heterocycles. The Morgan fingerprint density at radius 3 is 1.46 bits per heavy atom. The molecule has 0 bridgehead atoms. The zero-order chi connectivity index (χ0) is 35.1. The van der Waals surface area contributed by atoms with Crippen molar-refractivity contribution < 1.29 is 0 Å². The van der Waals surface area contributed by atoms with Gasteiger partial charge in [0.2, 0.25) is 0 Å². The van der Waals surface area contributed by atoms with Gasteiger partial charge >= 0.3 is 0 Å². The van der Waals surface area contributed by atoms with E-state index in [2.05, 4.69) is 158 Å². The molecule has 6 aromatic carbocycles. The first-order valence-corrected chi connectivity index (χ1v) is 20.0. The summed E-state index contributed by atoms with van der Waals surface area (Å²) in [7, 11) is 0. The first kappa shape index (κ1) is 33.0. The van der Waals surface area contributed by atoms with E-state index < -0.39 is 0 Å². The van der Waals surface area contributed by atoms with E-state index in [0.29, 0.717) is 11.8 Å². The fraction of sp³-hybridized carbons (Fsp3) is 0.294. The second-order valence-electron chi connectivity index (χ2n) is 16.2. The molecule has 1 nitrogen and oxygen atoms in total. The number of hydrogen-bond donors (Lipinski definition) is 0. The normalized spacial score (nSPS) is 17.0. The summed E-state index contributed by atoms with van der Waals surface area (Å²) in [6, 6.07) is 53.3. The van der Waals surface area contributed by atoms with Gasteiger partial charge < -0.3 is 4.90 Å². The largest absolute Gasteiger partial charge is 0.310 e. The molecule has 0 amide bonds. The van der Waals surface area contributed by atoms with Gasteiger partial charge in [0.25, 0.3) is 0 Å². The van der Waals surface area contributed by atoms with Crippen LogP contribution in [0.15, 0.2) is 140 Å². The third-order valence-corrected chi connectivity index (χ3v) is 12.7. The molecule has 6 aromatic rings. The molecule has 260 valence electrons. The molecule has 0 spiro atoms. The predicted octanol–water partition coefficient (Wildman–Crippen LogP) is 14.9. The molecule has 52 heavy (non-hydrogen) atoms. The van der Waals surface area contributed by atoms with E-state index in [-0.39, 0.29) is 5.41 Å². The van der Waals surface area contributed by atoms with Gasteiger partial charge in [-0.05, 0) is 130 Å². The molecule has 2 fully saturated rings. The number of nitrogens with zero attached hydrogens (tertiary/aromatic N) is 1. The summed E-state index contributed by atoms with van der Waals surface area (Å²) in [6.07, 6.45) is 13.4. The molecule has 3 aliphatic carbocycles. The molecule has 3 aliphatic rings. The smallest absolute Gasteiger partial charge is 0.0543 e. The molecule has 0 radical (unpaired) electrons. The lowest BCUT2D eigenvalue weighted by Crippen LogP contribution is -2.17. The van der Waals surface area contributed by atoms with Gasteiger partial charge in [-0.1, -0.05) is 149 Å². The molecule has 1 heteroatoms. The molecule has 0 aromatic heterocycles. The van der Waals surface area contributed by atoms with Gasteiger partial charge in [0.15, 0.2) is 0 Å². The molecule has 2 saturated carbocycles. The van der Waals surface area contributed by atoms with Crippen LogP contribution in [0.5, 0.6) is 0 Å². The van der Waals surface area contributed by atoms with Gasteiger partial charge in [-0.3, -0.25) is 0 Å². The zero-order valence-electron chi connectivity index (χ0n) is 31.0. The second kappa shape index (κ2) is 13.9. The molecular weight excluding hydrogens is 627 g/mol. The lowest BCUT2D eigenvalue weighted by Gasteiger charge is -2.31. The standard InChI is InChI=1S/C51H51N/c1-51(2)48-33-42(38-19-11-5-12-20-38)27-32-45(48)47-34-46(41-21-13-6-14-22-41)50(35-49(47)51)52(43-28-23-39(24-29-43)36-15-7-3-8-16-36)44-30-25-40(26-31-44)37-17-9-4-10-18-37/h5-6,11-14,19-37H,3-4,7-10,15-18H2,1-2H3. The Morgan fingerprint density at radius 1 is 0.423 bits per heavy atom. The quantitative estimate of drug-likeness (QED) is 0.163. The van der Waals surface area contributed by atoms with E-state index in [9.17, 15) is 0 Å². The fourth-order valence-corrected chi connectivity index (χ4v) is 9.70. The van der Waals surface area contributed by atoms with E-state index in [0.717, 1.165) is 0 Å². The monoisotopic (exact) mass is 677 g/mol. The third kappa shape index (κ3) is 6.09. The first-order chi connectivity index (χ1) is 25.5. The van der Waals surface area contributed by atoms with E-state index in [1.54, 1.807) is 0 Å². The van der Waals surface area contributed by atoms with E-state index >= 15 is 0 Å². The van der Waals surface area contributed by atoms with Crippen LogP contribution >= 0.6 is 0 Å². The van der Waals surface area contributed by atoms with Gasteiger partial charge in [0.05, 0.1) is 5.69 Å². The Balaban J connectivity index is 1.21. The Kier molecular flexibility index (Phi) is 8.83. The van der Waals surface area contributed by atoms with Crippen molar-refractivity contribution >= 4 is 17.1 Å². The highest BCUT2D eigenvalue weighted by molar-refractivity contribution is 5.95. The number of rotatable bonds is 7. The van der Waals surface area contributed by atoms with Crippen molar-refractivity contribution in [3.63, 3.8) is 0 Å². The van der Waals surface area contributed by atoms with Crippen molar-refractivity contribution in [2.24, 2.45) is 0 Å². The summed E-state index contributed by atoms with van der Waals surface area (Å²) in [5.41, 5.74) is 17.1.